The van der Waals surface area contributed by atoms with Crippen LogP contribution in [0.4, 0.5) is 18.0 Å². The van der Waals surface area contributed by atoms with Gasteiger partial charge in [-0.1, -0.05) is 12.1 Å². The van der Waals surface area contributed by atoms with E-state index in [2.05, 4.69) is 10.6 Å². The van der Waals surface area contributed by atoms with Crippen LogP contribution in [-0.4, -0.2) is 48.0 Å². The van der Waals surface area contributed by atoms with Gasteiger partial charge in [-0.05, 0) is 38.0 Å². The molecule has 0 spiro atoms. The number of hydrogen-bond donors (Lipinski definition) is 2. The van der Waals surface area contributed by atoms with Crippen LogP contribution in [0.25, 0.3) is 0 Å². The van der Waals surface area contributed by atoms with Crippen molar-refractivity contribution < 1.29 is 32.3 Å². The van der Waals surface area contributed by atoms with Gasteiger partial charge in [0.25, 0.3) is 0 Å². The molecule has 2 aliphatic heterocycles. The first-order chi connectivity index (χ1) is 14.3. The smallest absolute Gasteiger partial charge is 0.416 e. The molecule has 10 heteroatoms. The molecule has 3 rings (SSSR count). The highest BCUT2D eigenvalue weighted by Gasteiger charge is 2.38. The summed E-state index contributed by atoms with van der Waals surface area (Å²) in [6.45, 7) is 5.84. The minimum Gasteiger partial charge on any atom is -0.444 e. The largest absolute Gasteiger partial charge is 0.444 e. The number of carbonyl (C=O) groups is 3. The number of amides is 3. The Hall–Kier alpha value is -2.62. The van der Waals surface area contributed by atoms with E-state index >= 15 is 0 Å². The zero-order chi connectivity index (χ0) is 23.0. The number of rotatable bonds is 2. The van der Waals surface area contributed by atoms with E-state index < -0.39 is 47.2 Å². The summed E-state index contributed by atoms with van der Waals surface area (Å²) in [5.74, 6) is -1.60. The lowest BCUT2D eigenvalue weighted by molar-refractivity contribution is -0.138. The van der Waals surface area contributed by atoms with Crippen molar-refractivity contribution in [2.45, 2.75) is 57.3 Å². The lowest BCUT2D eigenvalue weighted by Gasteiger charge is -2.36. The van der Waals surface area contributed by atoms with Gasteiger partial charge in [0.05, 0.1) is 11.6 Å². The standard InChI is InChI=1S/C21H26F3N3O4/c1-20(2,3)31-19(30)27-7-6-25-16(11-27)14-5-4-12(8-15(14)21(22,23)24)13-9-17(28)26-18(29)10-13/h4-5,8,13,16,25H,6-7,9-11H2,1-3H3,(H,26,28,29). The average molecular weight is 441 g/mol. The van der Waals surface area contributed by atoms with Crippen molar-refractivity contribution in [3.63, 3.8) is 0 Å². The molecule has 0 aromatic heterocycles. The van der Waals surface area contributed by atoms with E-state index in [9.17, 15) is 27.6 Å². The maximum atomic E-state index is 13.9. The van der Waals surface area contributed by atoms with Gasteiger partial charge in [0.1, 0.15) is 5.60 Å². The molecule has 170 valence electrons. The predicted molar refractivity (Wildman–Crippen MR) is 105 cm³/mol. The van der Waals surface area contributed by atoms with Crippen molar-refractivity contribution >= 4 is 17.9 Å². The predicted octanol–water partition coefficient (Wildman–Crippen LogP) is 3.11. The fourth-order valence-corrected chi connectivity index (χ4v) is 3.84. The third-order valence-corrected chi connectivity index (χ3v) is 5.20. The fraction of sp³-hybridized carbons (Fsp3) is 0.571. The van der Waals surface area contributed by atoms with Crippen LogP contribution in [0.15, 0.2) is 18.2 Å². The maximum absolute atomic E-state index is 13.9. The fourth-order valence-electron chi connectivity index (χ4n) is 3.84. The van der Waals surface area contributed by atoms with Gasteiger partial charge in [-0.2, -0.15) is 13.2 Å². The molecule has 0 saturated carbocycles. The molecule has 1 aromatic rings. The average Bonchev–Trinajstić information content (AvgIpc) is 2.65. The van der Waals surface area contributed by atoms with Crippen molar-refractivity contribution in [1.82, 2.24) is 15.5 Å². The molecule has 1 unspecified atom stereocenters. The molecule has 2 heterocycles. The first kappa shape index (κ1) is 23.1. The zero-order valence-electron chi connectivity index (χ0n) is 17.6. The Morgan fingerprint density at radius 2 is 1.77 bits per heavy atom. The Morgan fingerprint density at radius 1 is 1.13 bits per heavy atom. The number of benzene rings is 1. The first-order valence-electron chi connectivity index (χ1n) is 10.1. The van der Waals surface area contributed by atoms with Crippen LogP contribution in [0.3, 0.4) is 0 Å². The summed E-state index contributed by atoms with van der Waals surface area (Å²) in [6.07, 6.45) is -5.30. The van der Waals surface area contributed by atoms with Gasteiger partial charge >= 0.3 is 12.3 Å². The van der Waals surface area contributed by atoms with Crippen LogP contribution in [0.5, 0.6) is 0 Å². The van der Waals surface area contributed by atoms with Gasteiger partial charge < -0.3 is 15.0 Å². The van der Waals surface area contributed by atoms with Gasteiger partial charge in [0.2, 0.25) is 11.8 Å². The van der Waals surface area contributed by atoms with Crippen LogP contribution in [0, 0.1) is 0 Å². The van der Waals surface area contributed by atoms with E-state index in [1.54, 1.807) is 20.8 Å². The SMILES string of the molecule is CC(C)(C)OC(=O)N1CCNC(c2ccc(C3CC(=O)NC(=O)C3)cc2C(F)(F)F)C1. The Labute approximate surface area is 178 Å². The molecule has 2 N–H and O–H groups in total. The van der Waals surface area contributed by atoms with E-state index in [1.165, 1.54) is 17.0 Å². The molecular weight excluding hydrogens is 415 g/mol. The van der Waals surface area contributed by atoms with E-state index in [4.69, 9.17) is 4.74 Å². The van der Waals surface area contributed by atoms with Crippen LogP contribution < -0.4 is 10.6 Å². The Bertz CT molecular complexity index is 864. The third-order valence-electron chi connectivity index (χ3n) is 5.20. The Kier molecular flexibility index (Phi) is 6.31. The van der Waals surface area contributed by atoms with Crippen molar-refractivity contribution in [2.24, 2.45) is 0 Å². The lowest BCUT2D eigenvalue weighted by atomic mass is 9.86. The van der Waals surface area contributed by atoms with Crippen molar-refractivity contribution in [3.8, 4) is 0 Å². The zero-order valence-corrected chi connectivity index (χ0v) is 17.6. The van der Waals surface area contributed by atoms with E-state index in [0.717, 1.165) is 6.07 Å². The van der Waals surface area contributed by atoms with Crippen molar-refractivity contribution in [3.05, 3.63) is 34.9 Å². The van der Waals surface area contributed by atoms with Crippen LogP contribution in [-0.2, 0) is 20.5 Å². The van der Waals surface area contributed by atoms with Gasteiger partial charge in [0.15, 0.2) is 0 Å². The molecular formula is C21H26F3N3O4. The van der Waals surface area contributed by atoms with Gasteiger partial charge in [-0.15, -0.1) is 0 Å². The minimum atomic E-state index is -4.64. The van der Waals surface area contributed by atoms with E-state index in [0.29, 0.717) is 18.7 Å². The number of nitrogens with zero attached hydrogens (tertiary/aromatic N) is 1. The number of halogens is 3. The number of nitrogens with one attached hydrogen (secondary N) is 2. The highest BCUT2D eigenvalue weighted by molar-refractivity contribution is 5.98. The number of imide groups is 1. The highest BCUT2D eigenvalue weighted by Crippen LogP contribution is 2.38. The molecule has 0 aliphatic carbocycles. The minimum absolute atomic E-state index is 0.0103. The second-order valence-electron chi connectivity index (χ2n) is 8.85. The molecule has 31 heavy (non-hydrogen) atoms. The number of piperazine rings is 1. The number of ether oxygens (including phenoxy) is 1. The summed E-state index contributed by atoms with van der Waals surface area (Å²) in [5, 5.41) is 5.20. The molecule has 2 fully saturated rings. The maximum Gasteiger partial charge on any atom is 0.416 e. The first-order valence-corrected chi connectivity index (χ1v) is 10.1. The topological polar surface area (TPSA) is 87.7 Å². The number of hydrogen-bond acceptors (Lipinski definition) is 5. The lowest BCUT2D eigenvalue weighted by Crippen LogP contribution is -2.50. The van der Waals surface area contributed by atoms with Crippen LogP contribution in [0.2, 0.25) is 0 Å². The molecule has 7 nitrogen and oxygen atoms in total. The summed E-state index contributed by atoms with van der Waals surface area (Å²) in [4.78, 5) is 37.0. The van der Waals surface area contributed by atoms with Gasteiger partial charge in [-0.25, -0.2) is 4.79 Å². The molecule has 1 aromatic carbocycles. The van der Waals surface area contributed by atoms with Crippen molar-refractivity contribution in [2.75, 3.05) is 19.6 Å². The van der Waals surface area contributed by atoms with Crippen molar-refractivity contribution in [1.29, 1.82) is 0 Å². The summed E-state index contributed by atoms with van der Waals surface area (Å²) < 4.78 is 47.1. The second kappa shape index (κ2) is 8.49. The van der Waals surface area contributed by atoms with E-state index in [-0.39, 0.29) is 24.9 Å². The molecule has 3 amide bonds. The number of piperidine rings is 1. The normalized spacial score (nSPS) is 21.1. The molecule has 2 saturated heterocycles. The highest BCUT2D eigenvalue weighted by atomic mass is 19.4. The monoisotopic (exact) mass is 441 g/mol. The molecule has 0 bridgehead atoms. The summed E-state index contributed by atoms with van der Waals surface area (Å²) >= 11 is 0. The molecule has 2 aliphatic rings. The number of carbonyl (C=O) groups excluding carboxylic acids is 3. The third kappa shape index (κ3) is 5.75. The number of alkyl halides is 3. The molecule has 0 radical (unpaired) electrons. The summed E-state index contributed by atoms with van der Waals surface area (Å²) in [5.41, 5.74) is -1.25. The Morgan fingerprint density at radius 3 is 2.35 bits per heavy atom. The quantitative estimate of drug-likeness (QED) is 0.689. The van der Waals surface area contributed by atoms with Gasteiger partial charge in [0, 0.05) is 38.4 Å². The second-order valence-corrected chi connectivity index (χ2v) is 8.85. The Balaban J connectivity index is 1.87. The molecule has 1 atom stereocenters. The summed E-state index contributed by atoms with van der Waals surface area (Å²) in [7, 11) is 0. The van der Waals surface area contributed by atoms with Gasteiger partial charge in [-0.3, -0.25) is 14.9 Å². The van der Waals surface area contributed by atoms with Crippen LogP contribution >= 0.6 is 0 Å². The summed E-state index contributed by atoms with van der Waals surface area (Å²) in [6, 6.07) is 3.17. The van der Waals surface area contributed by atoms with E-state index in [1.807, 2.05) is 0 Å². The van der Waals surface area contributed by atoms with Crippen LogP contribution in [0.1, 0.15) is 62.3 Å².